The topological polar surface area (TPSA) is 77.1 Å². The minimum absolute atomic E-state index is 0.0704. The SMILES string of the molecule is CCOc1cc2c(cc1OCC)[C@H](CC(=O)OC)N(C(=O)NCc1ccc(C)cc1)CC2. The molecule has 0 unspecified atom stereocenters. The first-order valence-electron chi connectivity index (χ1n) is 11.1. The Morgan fingerprint density at radius 2 is 1.72 bits per heavy atom. The maximum absolute atomic E-state index is 13.1. The van der Waals surface area contributed by atoms with Gasteiger partial charge in [0.25, 0.3) is 0 Å². The van der Waals surface area contributed by atoms with Gasteiger partial charge in [-0.15, -0.1) is 0 Å². The van der Waals surface area contributed by atoms with Crippen molar-refractivity contribution in [2.45, 2.75) is 46.2 Å². The Kier molecular flexibility index (Phi) is 7.98. The zero-order valence-corrected chi connectivity index (χ0v) is 19.3. The summed E-state index contributed by atoms with van der Waals surface area (Å²) in [5.74, 6) is 0.929. The number of carbonyl (C=O) groups excluding carboxylic acids is 2. The number of carbonyl (C=O) groups is 2. The van der Waals surface area contributed by atoms with Crippen LogP contribution in [0.25, 0.3) is 0 Å². The molecule has 1 aliphatic heterocycles. The molecule has 2 amide bonds. The van der Waals surface area contributed by atoms with Crippen molar-refractivity contribution in [3.63, 3.8) is 0 Å². The quantitative estimate of drug-likeness (QED) is 0.624. The fourth-order valence-corrected chi connectivity index (χ4v) is 3.94. The van der Waals surface area contributed by atoms with Gasteiger partial charge < -0.3 is 24.4 Å². The second-order valence-corrected chi connectivity index (χ2v) is 7.75. The minimum atomic E-state index is -0.445. The first kappa shape index (κ1) is 23.4. The predicted molar refractivity (Wildman–Crippen MR) is 122 cm³/mol. The predicted octanol–water partition coefficient (Wildman–Crippen LogP) is 4.16. The number of methoxy groups -OCH3 is 1. The molecule has 1 aliphatic rings. The molecule has 2 aromatic rings. The molecule has 1 heterocycles. The lowest BCUT2D eigenvalue weighted by molar-refractivity contribution is -0.141. The number of hydrogen-bond donors (Lipinski definition) is 1. The van der Waals surface area contributed by atoms with Gasteiger partial charge in [-0.25, -0.2) is 4.79 Å². The maximum atomic E-state index is 13.1. The molecule has 32 heavy (non-hydrogen) atoms. The summed E-state index contributed by atoms with van der Waals surface area (Å²) < 4.78 is 16.5. The fraction of sp³-hybridized carbons (Fsp3) is 0.440. The van der Waals surface area contributed by atoms with Gasteiger partial charge in [0.1, 0.15) is 0 Å². The van der Waals surface area contributed by atoms with E-state index in [0.29, 0.717) is 44.2 Å². The van der Waals surface area contributed by atoms with E-state index in [1.165, 1.54) is 12.7 Å². The van der Waals surface area contributed by atoms with Gasteiger partial charge >= 0.3 is 12.0 Å². The molecule has 0 fully saturated rings. The van der Waals surface area contributed by atoms with Crippen LogP contribution in [-0.2, 0) is 22.5 Å². The van der Waals surface area contributed by atoms with Crippen LogP contribution in [-0.4, -0.2) is 43.8 Å². The number of esters is 1. The standard InChI is InChI=1S/C25H32N2O5/c1-5-31-22-13-19-11-12-27(25(29)26-16-18-9-7-17(3)8-10-18)21(15-24(28)30-4)20(19)14-23(22)32-6-2/h7-10,13-14,21H,5-6,11-12,15-16H2,1-4H3,(H,26,29)/t21-/m0/s1. The van der Waals surface area contributed by atoms with E-state index in [2.05, 4.69) is 5.32 Å². The van der Waals surface area contributed by atoms with Crippen LogP contribution in [0, 0.1) is 6.92 Å². The molecule has 7 heteroatoms. The summed E-state index contributed by atoms with van der Waals surface area (Å²) in [6.07, 6.45) is 0.735. The lowest BCUT2D eigenvalue weighted by Gasteiger charge is -2.37. The van der Waals surface area contributed by atoms with Crippen LogP contribution in [0.2, 0.25) is 0 Å². The molecular weight excluding hydrogens is 408 g/mol. The summed E-state index contributed by atoms with van der Waals surface area (Å²) in [4.78, 5) is 27.0. The molecule has 1 atom stereocenters. The fourth-order valence-electron chi connectivity index (χ4n) is 3.94. The normalized spacial score (nSPS) is 15.0. The second-order valence-electron chi connectivity index (χ2n) is 7.75. The number of urea groups is 1. The molecule has 0 saturated heterocycles. The maximum Gasteiger partial charge on any atom is 0.318 e. The minimum Gasteiger partial charge on any atom is -0.490 e. The smallest absolute Gasteiger partial charge is 0.318 e. The van der Waals surface area contributed by atoms with Gasteiger partial charge in [-0.1, -0.05) is 29.8 Å². The summed E-state index contributed by atoms with van der Waals surface area (Å²) in [6.45, 7) is 7.79. The van der Waals surface area contributed by atoms with Crippen molar-refractivity contribution >= 4 is 12.0 Å². The van der Waals surface area contributed by atoms with E-state index in [0.717, 1.165) is 16.7 Å². The number of ether oxygens (including phenoxy) is 3. The molecule has 0 radical (unpaired) electrons. The Balaban J connectivity index is 1.87. The monoisotopic (exact) mass is 440 g/mol. The van der Waals surface area contributed by atoms with Crippen molar-refractivity contribution in [3.8, 4) is 11.5 Å². The molecule has 3 rings (SSSR count). The summed E-state index contributed by atoms with van der Waals surface area (Å²) in [6, 6.07) is 11.2. The van der Waals surface area contributed by atoms with Gasteiger partial charge in [0.2, 0.25) is 0 Å². The number of fused-ring (bicyclic) bond motifs is 1. The zero-order chi connectivity index (χ0) is 23.1. The Hall–Kier alpha value is -3.22. The van der Waals surface area contributed by atoms with Crippen LogP contribution in [0.15, 0.2) is 36.4 Å². The van der Waals surface area contributed by atoms with Gasteiger partial charge in [-0.3, -0.25) is 4.79 Å². The molecule has 7 nitrogen and oxygen atoms in total. The third kappa shape index (κ3) is 5.52. The molecule has 1 N–H and O–H groups in total. The summed E-state index contributed by atoms with van der Waals surface area (Å²) in [5, 5.41) is 2.99. The van der Waals surface area contributed by atoms with Crippen molar-refractivity contribution in [3.05, 3.63) is 58.7 Å². The molecule has 0 aromatic heterocycles. The molecule has 2 aromatic carbocycles. The Labute approximate surface area is 189 Å². The molecule has 172 valence electrons. The number of rotatable bonds is 8. The van der Waals surface area contributed by atoms with Gasteiger partial charge in [0.05, 0.1) is 32.8 Å². The second kappa shape index (κ2) is 10.9. The van der Waals surface area contributed by atoms with Crippen LogP contribution >= 0.6 is 0 Å². The first-order valence-corrected chi connectivity index (χ1v) is 11.1. The van der Waals surface area contributed by atoms with E-state index >= 15 is 0 Å². The van der Waals surface area contributed by atoms with E-state index in [4.69, 9.17) is 14.2 Å². The number of amides is 2. The average molecular weight is 441 g/mol. The summed E-state index contributed by atoms with van der Waals surface area (Å²) >= 11 is 0. The number of aryl methyl sites for hydroxylation is 1. The van der Waals surface area contributed by atoms with Crippen molar-refractivity contribution in [1.82, 2.24) is 10.2 Å². The molecule has 0 spiro atoms. The molecule has 0 saturated carbocycles. The van der Waals surface area contributed by atoms with E-state index in [1.807, 2.05) is 57.2 Å². The van der Waals surface area contributed by atoms with E-state index in [1.54, 1.807) is 4.90 Å². The number of benzene rings is 2. The van der Waals surface area contributed by atoms with Gasteiger partial charge in [0, 0.05) is 13.1 Å². The number of nitrogens with zero attached hydrogens (tertiary/aromatic N) is 1. The van der Waals surface area contributed by atoms with Gasteiger partial charge in [-0.05, 0) is 56.0 Å². The van der Waals surface area contributed by atoms with Gasteiger partial charge in [0.15, 0.2) is 11.5 Å². The van der Waals surface area contributed by atoms with Crippen LogP contribution in [0.3, 0.4) is 0 Å². The van der Waals surface area contributed by atoms with Crippen molar-refractivity contribution in [1.29, 1.82) is 0 Å². The van der Waals surface area contributed by atoms with E-state index in [-0.39, 0.29) is 18.4 Å². The summed E-state index contributed by atoms with van der Waals surface area (Å²) in [5.41, 5.74) is 4.13. The highest BCUT2D eigenvalue weighted by Crippen LogP contribution is 2.40. The Morgan fingerprint density at radius 3 is 2.34 bits per heavy atom. The van der Waals surface area contributed by atoms with Crippen LogP contribution in [0.1, 0.15) is 48.6 Å². The highest BCUT2D eigenvalue weighted by atomic mass is 16.5. The first-order chi connectivity index (χ1) is 15.5. The molecule has 0 aliphatic carbocycles. The average Bonchev–Trinajstić information content (AvgIpc) is 2.79. The number of hydrogen-bond acceptors (Lipinski definition) is 5. The third-order valence-corrected chi connectivity index (χ3v) is 5.58. The Morgan fingerprint density at radius 1 is 1.06 bits per heavy atom. The van der Waals surface area contributed by atoms with Crippen LogP contribution in [0.5, 0.6) is 11.5 Å². The van der Waals surface area contributed by atoms with E-state index < -0.39 is 6.04 Å². The summed E-state index contributed by atoms with van der Waals surface area (Å²) in [7, 11) is 1.36. The third-order valence-electron chi connectivity index (χ3n) is 5.58. The molecular formula is C25H32N2O5. The van der Waals surface area contributed by atoms with E-state index in [9.17, 15) is 9.59 Å². The lowest BCUT2D eigenvalue weighted by atomic mass is 9.90. The van der Waals surface area contributed by atoms with Crippen molar-refractivity contribution in [2.24, 2.45) is 0 Å². The highest BCUT2D eigenvalue weighted by Gasteiger charge is 2.34. The molecule has 0 bridgehead atoms. The number of nitrogens with one attached hydrogen (secondary N) is 1. The highest BCUT2D eigenvalue weighted by molar-refractivity contribution is 5.77. The van der Waals surface area contributed by atoms with Gasteiger partial charge in [-0.2, -0.15) is 0 Å². The van der Waals surface area contributed by atoms with Crippen molar-refractivity contribution < 1.29 is 23.8 Å². The largest absolute Gasteiger partial charge is 0.490 e. The Bertz CT molecular complexity index is 942. The zero-order valence-electron chi connectivity index (χ0n) is 19.3. The van der Waals surface area contributed by atoms with Crippen molar-refractivity contribution in [2.75, 3.05) is 26.9 Å². The van der Waals surface area contributed by atoms with Crippen LogP contribution < -0.4 is 14.8 Å². The van der Waals surface area contributed by atoms with Crippen LogP contribution in [0.4, 0.5) is 4.79 Å². The lowest BCUT2D eigenvalue weighted by Crippen LogP contribution is -2.46.